The van der Waals surface area contributed by atoms with E-state index in [1.807, 2.05) is 0 Å². The number of carbonyl (C=O) groups excluding carboxylic acids is 1. The van der Waals surface area contributed by atoms with Gasteiger partial charge in [0.2, 0.25) is 5.91 Å². The Hall–Kier alpha value is -1.68. The minimum absolute atomic E-state index is 0.102. The molecule has 5 rings (SSSR count). The van der Waals surface area contributed by atoms with Gasteiger partial charge in [0.1, 0.15) is 0 Å². The lowest BCUT2D eigenvalue weighted by atomic mass is 9.91. The highest BCUT2D eigenvalue weighted by atomic mass is 16.2. The summed E-state index contributed by atoms with van der Waals surface area (Å²) in [4.78, 5) is 14.3. The molecule has 0 radical (unpaired) electrons. The van der Waals surface area contributed by atoms with Gasteiger partial charge in [-0.3, -0.25) is 9.69 Å². The largest absolute Gasteiger partial charge is 0.300 e. The van der Waals surface area contributed by atoms with Crippen molar-refractivity contribution < 1.29 is 4.79 Å². The van der Waals surface area contributed by atoms with E-state index in [2.05, 4.69) is 33.6 Å². The number of fused-ring (bicyclic) bond motifs is 2. The van der Waals surface area contributed by atoms with Crippen molar-refractivity contribution in [3.05, 3.63) is 34.9 Å². The number of hydrogen-bond donors (Lipinski definition) is 1. The van der Waals surface area contributed by atoms with Crippen molar-refractivity contribution in [2.24, 2.45) is 16.9 Å². The molecule has 2 aliphatic carbocycles. The summed E-state index contributed by atoms with van der Waals surface area (Å²) in [7, 11) is 0. The molecular formula is C19H23N3O. The maximum Gasteiger partial charge on any atom is 0.243 e. The maximum atomic E-state index is 11.6. The van der Waals surface area contributed by atoms with Crippen LogP contribution in [0, 0.1) is 11.8 Å². The molecule has 0 aromatic heterocycles. The molecule has 4 heteroatoms. The molecular weight excluding hydrogens is 286 g/mol. The van der Waals surface area contributed by atoms with E-state index in [1.54, 1.807) is 0 Å². The molecule has 0 bridgehead atoms. The van der Waals surface area contributed by atoms with Crippen molar-refractivity contribution in [3.8, 4) is 0 Å². The van der Waals surface area contributed by atoms with Crippen LogP contribution in [-0.4, -0.2) is 35.7 Å². The second-order valence-corrected chi connectivity index (χ2v) is 7.53. The van der Waals surface area contributed by atoms with Crippen LogP contribution in [0.25, 0.3) is 0 Å². The van der Waals surface area contributed by atoms with Crippen molar-refractivity contribution in [2.75, 3.05) is 13.1 Å². The highest BCUT2D eigenvalue weighted by Crippen LogP contribution is 2.43. The van der Waals surface area contributed by atoms with Gasteiger partial charge in [-0.2, -0.15) is 5.10 Å². The average molecular weight is 309 g/mol. The summed E-state index contributed by atoms with van der Waals surface area (Å²) < 4.78 is 0. The molecule has 2 unspecified atom stereocenters. The van der Waals surface area contributed by atoms with Crippen LogP contribution >= 0.6 is 0 Å². The third-order valence-electron chi connectivity index (χ3n) is 6.19. The van der Waals surface area contributed by atoms with E-state index in [0.29, 0.717) is 5.92 Å². The van der Waals surface area contributed by atoms with E-state index >= 15 is 0 Å². The smallest absolute Gasteiger partial charge is 0.243 e. The Morgan fingerprint density at radius 1 is 1.09 bits per heavy atom. The third-order valence-corrected chi connectivity index (χ3v) is 6.19. The molecule has 0 spiro atoms. The molecule has 4 aliphatic rings. The van der Waals surface area contributed by atoms with Crippen LogP contribution in [-0.2, 0) is 17.6 Å². The van der Waals surface area contributed by atoms with Crippen LogP contribution in [0.5, 0.6) is 0 Å². The van der Waals surface area contributed by atoms with Gasteiger partial charge >= 0.3 is 0 Å². The normalized spacial score (nSPS) is 30.4. The Bertz CT molecular complexity index is 692. The minimum Gasteiger partial charge on any atom is -0.300 e. The fourth-order valence-corrected chi connectivity index (χ4v) is 4.37. The Balaban J connectivity index is 1.39. The first kappa shape index (κ1) is 13.7. The van der Waals surface area contributed by atoms with Crippen molar-refractivity contribution in [1.29, 1.82) is 0 Å². The standard InChI is InChI=1S/C19H23N3O/c23-19-17-11-16(17)18(20-21-19)14-5-4-12-6-8-22(15-2-1-3-15)9-7-13(12)10-14/h4-5,10,15-17H,1-3,6-9,11H2,(H,21,23). The van der Waals surface area contributed by atoms with Gasteiger partial charge in [0.05, 0.1) is 5.71 Å². The molecule has 2 fully saturated rings. The van der Waals surface area contributed by atoms with Crippen molar-refractivity contribution in [2.45, 2.75) is 44.6 Å². The van der Waals surface area contributed by atoms with E-state index in [4.69, 9.17) is 0 Å². The molecule has 2 atom stereocenters. The van der Waals surface area contributed by atoms with Gasteiger partial charge < -0.3 is 0 Å². The molecule has 1 amide bonds. The summed E-state index contributed by atoms with van der Waals surface area (Å²) >= 11 is 0. The van der Waals surface area contributed by atoms with Crippen molar-refractivity contribution >= 4 is 11.6 Å². The molecule has 2 heterocycles. The fraction of sp³-hybridized carbons (Fsp3) is 0.579. The number of benzene rings is 1. The quantitative estimate of drug-likeness (QED) is 0.909. The summed E-state index contributed by atoms with van der Waals surface area (Å²) in [6, 6.07) is 7.69. The maximum absolute atomic E-state index is 11.6. The zero-order valence-electron chi connectivity index (χ0n) is 13.4. The molecule has 0 saturated heterocycles. The highest BCUT2D eigenvalue weighted by Gasteiger charge is 2.49. The lowest BCUT2D eigenvalue weighted by Gasteiger charge is -2.36. The summed E-state index contributed by atoms with van der Waals surface area (Å²) in [5, 5.41) is 4.35. The van der Waals surface area contributed by atoms with Gasteiger partial charge in [0.25, 0.3) is 0 Å². The van der Waals surface area contributed by atoms with E-state index in [0.717, 1.165) is 24.6 Å². The highest BCUT2D eigenvalue weighted by molar-refractivity contribution is 6.09. The monoisotopic (exact) mass is 309 g/mol. The number of hydrogen-bond acceptors (Lipinski definition) is 3. The van der Waals surface area contributed by atoms with Crippen LogP contribution in [0.2, 0.25) is 0 Å². The Morgan fingerprint density at radius 2 is 1.91 bits per heavy atom. The second kappa shape index (κ2) is 5.17. The number of nitrogens with zero attached hydrogens (tertiary/aromatic N) is 2. The first-order chi connectivity index (χ1) is 11.3. The summed E-state index contributed by atoms with van der Waals surface area (Å²) in [6.07, 6.45) is 7.47. The van der Waals surface area contributed by atoms with Gasteiger partial charge in [0.15, 0.2) is 0 Å². The van der Waals surface area contributed by atoms with Crippen molar-refractivity contribution in [3.63, 3.8) is 0 Å². The lowest BCUT2D eigenvalue weighted by molar-refractivity contribution is -0.122. The Labute approximate surface area is 136 Å². The van der Waals surface area contributed by atoms with E-state index in [1.165, 1.54) is 55.5 Å². The first-order valence-corrected chi connectivity index (χ1v) is 9.03. The predicted molar refractivity (Wildman–Crippen MR) is 89.3 cm³/mol. The zero-order valence-corrected chi connectivity index (χ0v) is 13.4. The summed E-state index contributed by atoms with van der Waals surface area (Å²) in [5.74, 6) is 0.638. The van der Waals surface area contributed by atoms with Gasteiger partial charge in [-0.1, -0.05) is 18.6 Å². The summed E-state index contributed by atoms with van der Waals surface area (Å²) in [5.41, 5.74) is 7.99. The number of rotatable bonds is 2. The average Bonchev–Trinajstić information content (AvgIpc) is 3.31. The zero-order chi connectivity index (χ0) is 15.4. The van der Waals surface area contributed by atoms with E-state index in [9.17, 15) is 4.79 Å². The molecule has 1 aromatic rings. The number of hydrazone groups is 1. The van der Waals surface area contributed by atoms with Crippen LogP contribution in [0.15, 0.2) is 23.3 Å². The van der Waals surface area contributed by atoms with Crippen LogP contribution in [0.3, 0.4) is 0 Å². The van der Waals surface area contributed by atoms with Gasteiger partial charge in [0, 0.05) is 31.0 Å². The van der Waals surface area contributed by atoms with Crippen LogP contribution < -0.4 is 5.43 Å². The van der Waals surface area contributed by atoms with Crippen LogP contribution in [0.1, 0.15) is 42.4 Å². The molecule has 120 valence electrons. The van der Waals surface area contributed by atoms with E-state index < -0.39 is 0 Å². The molecule has 2 aliphatic heterocycles. The SMILES string of the molecule is O=C1NN=C(c2ccc3c(c2)CCN(C2CCC2)CC3)C2CC12. The van der Waals surface area contributed by atoms with Crippen molar-refractivity contribution in [1.82, 2.24) is 10.3 Å². The fourth-order valence-electron chi connectivity index (χ4n) is 4.37. The number of nitrogens with one attached hydrogen (secondary N) is 1. The molecule has 1 N–H and O–H groups in total. The molecule has 2 saturated carbocycles. The molecule has 4 nitrogen and oxygen atoms in total. The Morgan fingerprint density at radius 3 is 2.70 bits per heavy atom. The second-order valence-electron chi connectivity index (χ2n) is 7.53. The number of carbonyl (C=O) groups is 1. The van der Waals surface area contributed by atoms with Gasteiger partial charge in [-0.15, -0.1) is 0 Å². The number of amides is 1. The Kier molecular flexibility index (Phi) is 3.08. The molecule has 1 aromatic carbocycles. The third kappa shape index (κ3) is 2.31. The predicted octanol–water partition coefficient (Wildman–Crippen LogP) is 2.11. The molecule has 23 heavy (non-hydrogen) atoms. The minimum atomic E-state index is 0.102. The van der Waals surface area contributed by atoms with Crippen LogP contribution in [0.4, 0.5) is 0 Å². The summed E-state index contributed by atoms with van der Waals surface area (Å²) in [6.45, 7) is 2.40. The van der Waals surface area contributed by atoms with E-state index in [-0.39, 0.29) is 11.8 Å². The topological polar surface area (TPSA) is 44.7 Å². The van der Waals surface area contributed by atoms with Gasteiger partial charge in [-0.25, -0.2) is 5.43 Å². The lowest BCUT2D eigenvalue weighted by Crippen LogP contribution is -2.41. The van der Waals surface area contributed by atoms with Gasteiger partial charge in [-0.05, 0) is 54.9 Å². The first-order valence-electron chi connectivity index (χ1n) is 9.03.